The lowest BCUT2D eigenvalue weighted by Gasteiger charge is -2.23. The van der Waals surface area contributed by atoms with Crippen molar-refractivity contribution >= 4 is 11.6 Å². The van der Waals surface area contributed by atoms with Crippen LogP contribution in [0.15, 0.2) is 24.3 Å². The summed E-state index contributed by atoms with van der Waals surface area (Å²) in [6, 6.07) is 7.41. The van der Waals surface area contributed by atoms with Crippen molar-refractivity contribution in [3.8, 4) is 0 Å². The van der Waals surface area contributed by atoms with Crippen molar-refractivity contribution in [1.29, 1.82) is 0 Å². The molecule has 0 saturated carbocycles. The van der Waals surface area contributed by atoms with Gasteiger partial charge in [-0.3, -0.25) is 0 Å². The van der Waals surface area contributed by atoms with Crippen molar-refractivity contribution in [3.63, 3.8) is 0 Å². The van der Waals surface area contributed by atoms with Gasteiger partial charge in [0.1, 0.15) is 0 Å². The fraction of sp³-hybridized carbons (Fsp3) is 0.571. The standard InChI is InChI=1S/C14H20ClNO2/c15-13-6-2-1-5-12(13)14(17)9-16-8-11-4-3-7-18-10-11/h1-2,5-6,11,14,16-17H,3-4,7-10H2. The molecule has 18 heavy (non-hydrogen) atoms. The largest absolute Gasteiger partial charge is 0.387 e. The summed E-state index contributed by atoms with van der Waals surface area (Å²) in [5.41, 5.74) is 0.784. The van der Waals surface area contributed by atoms with E-state index in [9.17, 15) is 5.11 Å². The van der Waals surface area contributed by atoms with E-state index in [1.807, 2.05) is 18.2 Å². The van der Waals surface area contributed by atoms with Crippen LogP contribution in [0.1, 0.15) is 24.5 Å². The van der Waals surface area contributed by atoms with Gasteiger partial charge in [-0.25, -0.2) is 0 Å². The third-order valence-electron chi connectivity index (χ3n) is 3.29. The van der Waals surface area contributed by atoms with Gasteiger partial charge in [0.05, 0.1) is 12.7 Å². The molecular weight excluding hydrogens is 250 g/mol. The SMILES string of the molecule is OC(CNCC1CCCOC1)c1ccccc1Cl. The molecule has 0 bridgehead atoms. The van der Waals surface area contributed by atoms with Crippen molar-refractivity contribution in [3.05, 3.63) is 34.9 Å². The number of benzene rings is 1. The Morgan fingerprint density at radius 2 is 2.28 bits per heavy atom. The molecule has 0 radical (unpaired) electrons. The summed E-state index contributed by atoms with van der Waals surface area (Å²) in [4.78, 5) is 0. The minimum Gasteiger partial charge on any atom is -0.387 e. The van der Waals surface area contributed by atoms with Gasteiger partial charge < -0.3 is 15.2 Å². The lowest BCUT2D eigenvalue weighted by Crippen LogP contribution is -2.31. The molecule has 2 rings (SSSR count). The van der Waals surface area contributed by atoms with Gasteiger partial charge in [0.2, 0.25) is 0 Å². The summed E-state index contributed by atoms with van der Waals surface area (Å²) in [5.74, 6) is 0.567. The highest BCUT2D eigenvalue weighted by Crippen LogP contribution is 2.22. The van der Waals surface area contributed by atoms with E-state index in [0.717, 1.165) is 31.7 Å². The van der Waals surface area contributed by atoms with Gasteiger partial charge in [0, 0.05) is 30.3 Å². The summed E-state index contributed by atoms with van der Waals surface area (Å²) in [5, 5.41) is 14.0. The van der Waals surface area contributed by atoms with Gasteiger partial charge in [-0.1, -0.05) is 29.8 Å². The Labute approximate surface area is 113 Å². The Morgan fingerprint density at radius 1 is 1.44 bits per heavy atom. The predicted molar refractivity (Wildman–Crippen MR) is 72.8 cm³/mol. The third-order valence-corrected chi connectivity index (χ3v) is 3.63. The summed E-state index contributed by atoms with van der Waals surface area (Å²) < 4.78 is 5.42. The molecule has 0 amide bonds. The van der Waals surface area contributed by atoms with Crippen LogP contribution in [-0.2, 0) is 4.74 Å². The van der Waals surface area contributed by atoms with Gasteiger partial charge >= 0.3 is 0 Å². The van der Waals surface area contributed by atoms with Crippen molar-refractivity contribution in [2.75, 3.05) is 26.3 Å². The lowest BCUT2D eigenvalue weighted by atomic mass is 10.0. The van der Waals surface area contributed by atoms with Crippen LogP contribution in [0, 0.1) is 5.92 Å². The van der Waals surface area contributed by atoms with Gasteiger partial charge in [0.15, 0.2) is 0 Å². The van der Waals surface area contributed by atoms with E-state index in [1.165, 1.54) is 6.42 Å². The molecule has 1 fully saturated rings. The second-order valence-electron chi connectivity index (χ2n) is 4.78. The van der Waals surface area contributed by atoms with Gasteiger partial charge in [0.25, 0.3) is 0 Å². The molecule has 1 aromatic rings. The Morgan fingerprint density at radius 3 is 3.00 bits per heavy atom. The topological polar surface area (TPSA) is 41.5 Å². The van der Waals surface area contributed by atoms with Crippen LogP contribution in [-0.4, -0.2) is 31.4 Å². The van der Waals surface area contributed by atoms with Crippen LogP contribution in [0.2, 0.25) is 5.02 Å². The van der Waals surface area contributed by atoms with E-state index in [-0.39, 0.29) is 0 Å². The Hall–Kier alpha value is -0.610. The molecule has 0 aliphatic carbocycles. The molecule has 0 aromatic heterocycles. The molecular formula is C14H20ClNO2. The molecule has 1 aromatic carbocycles. The predicted octanol–water partition coefficient (Wildman–Crippen LogP) is 2.39. The van der Waals surface area contributed by atoms with E-state index >= 15 is 0 Å². The maximum absolute atomic E-state index is 10.1. The quantitative estimate of drug-likeness (QED) is 0.862. The molecule has 1 heterocycles. The van der Waals surface area contributed by atoms with Gasteiger partial charge in [-0.15, -0.1) is 0 Å². The van der Waals surface area contributed by atoms with Gasteiger partial charge in [-0.2, -0.15) is 0 Å². The molecule has 1 saturated heterocycles. The highest BCUT2D eigenvalue weighted by Gasteiger charge is 2.15. The van der Waals surface area contributed by atoms with Crippen molar-refractivity contribution < 1.29 is 9.84 Å². The normalized spacial score (nSPS) is 21.8. The second-order valence-corrected chi connectivity index (χ2v) is 5.19. The van der Waals surface area contributed by atoms with Crippen molar-refractivity contribution in [2.45, 2.75) is 18.9 Å². The lowest BCUT2D eigenvalue weighted by molar-refractivity contribution is 0.0532. The van der Waals surface area contributed by atoms with Crippen LogP contribution in [0.3, 0.4) is 0 Å². The fourth-order valence-electron chi connectivity index (χ4n) is 2.25. The molecule has 3 nitrogen and oxygen atoms in total. The summed E-state index contributed by atoms with van der Waals surface area (Å²) in [6.07, 6.45) is 1.79. The Balaban J connectivity index is 1.74. The van der Waals surface area contributed by atoms with Crippen LogP contribution < -0.4 is 5.32 Å². The van der Waals surface area contributed by atoms with E-state index in [0.29, 0.717) is 17.5 Å². The minimum absolute atomic E-state index is 0.528. The molecule has 2 unspecified atom stereocenters. The number of hydrogen-bond donors (Lipinski definition) is 2. The van der Waals surface area contributed by atoms with Crippen LogP contribution in [0.25, 0.3) is 0 Å². The number of aliphatic hydroxyl groups is 1. The number of aliphatic hydroxyl groups excluding tert-OH is 1. The molecule has 0 spiro atoms. The smallest absolute Gasteiger partial charge is 0.0928 e. The number of nitrogens with one attached hydrogen (secondary N) is 1. The number of hydrogen-bond acceptors (Lipinski definition) is 3. The summed E-state index contributed by atoms with van der Waals surface area (Å²) in [7, 11) is 0. The maximum Gasteiger partial charge on any atom is 0.0928 e. The van der Waals surface area contributed by atoms with Crippen molar-refractivity contribution in [1.82, 2.24) is 5.32 Å². The van der Waals surface area contributed by atoms with E-state index in [4.69, 9.17) is 16.3 Å². The first kappa shape index (κ1) is 13.8. The Kier molecular flexibility index (Phi) is 5.45. The third kappa shape index (κ3) is 3.95. The monoisotopic (exact) mass is 269 g/mol. The molecule has 100 valence electrons. The zero-order valence-electron chi connectivity index (χ0n) is 10.4. The van der Waals surface area contributed by atoms with E-state index in [2.05, 4.69) is 5.32 Å². The first-order valence-electron chi connectivity index (χ1n) is 6.48. The Bertz CT molecular complexity index is 367. The summed E-state index contributed by atoms with van der Waals surface area (Å²) in [6.45, 7) is 3.13. The van der Waals surface area contributed by atoms with Crippen LogP contribution in [0.5, 0.6) is 0 Å². The molecule has 2 atom stereocenters. The molecule has 1 aliphatic heterocycles. The van der Waals surface area contributed by atoms with Crippen LogP contribution in [0.4, 0.5) is 0 Å². The zero-order valence-corrected chi connectivity index (χ0v) is 11.2. The fourth-order valence-corrected chi connectivity index (χ4v) is 2.51. The first-order valence-corrected chi connectivity index (χ1v) is 6.86. The second kappa shape index (κ2) is 7.10. The van der Waals surface area contributed by atoms with Crippen LogP contribution >= 0.6 is 11.6 Å². The molecule has 2 N–H and O–H groups in total. The average Bonchev–Trinajstić information content (AvgIpc) is 2.40. The number of halogens is 1. The highest BCUT2D eigenvalue weighted by atomic mass is 35.5. The van der Waals surface area contributed by atoms with Gasteiger partial charge in [-0.05, 0) is 24.8 Å². The van der Waals surface area contributed by atoms with Crippen molar-refractivity contribution in [2.24, 2.45) is 5.92 Å². The first-order chi connectivity index (χ1) is 8.77. The number of rotatable bonds is 5. The molecule has 1 aliphatic rings. The minimum atomic E-state index is -0.553. The highest BCUT2D eigenvalue weighted by molar-refractivity contribution is 6.31. The van der Waals surface area contributed by atoms with E-state index < -0.39 is 6.10 Å². The molecule has 4 heteroatoms. The summed E-state index contributed by atoms with van der Waals surface area (Å²) >= 11 is 6.04. The zero-order chi connectivity index (χ0) is 12.8. The van der Waals surface area contributed by atoms with E-state index in [1.54, 1.807) is 6.07 Å². The average molecular weight is 270 g/mol. The maximum atomic E-state index is 10.1. The number of ether oxygens (including phenoxy) is 1.